The summed E-state index contributed by atoms with van der Waals surface area (Å²) in [5.41, 5.74) is 9.78. The highest BCUT2D eigenvalue weighted by Gasteiger charge is 2.18. The summed E-state index contributed by atoms with van der Waals surface area (Å²) in [4.78, 5) is 2.33. The van der Waals surface area contributed by atoms with Crippen molar-refractivity contribution in [1.29, 1.82) is 0 Å². The molecule has 234 valence electrons. The van der Waals surface area contributed by atoms with Gasteiger partial charge in [0.05, 0.1) is 0 Å². The van der Waals surface area contributed by atoms with Crippen molar-refractivity contribution in [3.05, 3.63) is 188 Å². The van der Waals surface area contributed by atoms with E-state index in [1.165, 1.54) is 49.2 Å². The van der Waals surface area contributed by atoms with Crippen LogP contribution in [0, 0.1) is 0 Å². The second-order valence-electron chi connectivity index (χ2n) is 12.9. The molecule has 1 heterocycles. The quantitative estimate of drug-likeness (QED) is 0.175. The Labute approximate surface area is 290 Å². The molecule has 0 aliphatic heterocycles. The first kappa shape index (κ1) is 28.4. The monoisotopic (exact) mass is 637 g/mol. The van der Waals surface area contributed by atoms with E-state index in [2.05, 4.69) is 193 Å². The van der Waals surface area contributed by atoms with Gasteiger partial charge in [0.1, 0.15) is 11.2 Å². The molecule has 0 bridgehead atoms. The van der Waals surface area contributed by atoms with Crippen LogP contribution in [0.1, 0.15) is 0 Å². The van der Waals surface area contributed by atoms with Crippen molar-refractivity contribution in [2.45, 2.75) is 0 Å². The summed E-state index contributed by atoms with van der Waals surface area (Å²) in [6, 6.07) is 67.5. The molecule has 10 aromatic rings. The largest absolute Gasteiger partial charge is 0.455 e. The second-order valence-corrected chi connectivity index (χ2v) is 12.9. The van der Waals surface area contributed by atoms with Gasteiger partial charge in [-0.3, -0.25) is 0 Å². The predicted molar refractivity (Wildman–Crippen MR) is 212 cm³/mol. The molecular formula is C48H31NO. The zero-order valence-electron chi connectivity index (χ0n) is 27.3. The molecule has 1 aromatic heterocycles. The Bertz CT molecular complexity index is 2870. The van der Waals surface area contributed by atoms with Crippen molar-refractivity contribution < 1.29 is 4.42 Å². The van der Waals surface area contributed by atoms with Crippen LogP contribution in [0.15, 0.2) is 192 Å². The topological polar surface area (TPSA) is 16.4 Å². The lowest BCUT2D eigenvalue weighted by atomic mass is 9.93. The van der Waals surface area contributed by atoms with Gasteiger partial charge in [0.2, 0.25) is 0 Å². The molecule has 0 N–H and O–H groups in total. The van der Waals surface area contributed by atoms with E-state index in [0.717, 1.165) is 44.4 Å². The summed E-state index contributed by atoms with van der Waals surface area (Å²) < 4.78 is 6.65. The number of anilines is 3. The lowest BCUT2D eigenvalue weighted by Gasteiger charge is -2.26. The molecule has 0 fully saturated rings. The molecule has 0 spiro atoms. The molecule has 9 aromatic carbocycles. The van der Waals surface area contributed by atoms with Gasteiger partial charge >= 0.3 is 0 Å². The van der Waals surface area contributed by atoms with E-state index < -0.39 is 0 Å². The first-order valence-corrected chi connectivity index (χ1v) is 17.1. The third-order valence-corrected chi connectivity index (χ3v) is 10.0. The number of hydrogen-bond donors (Lipinski definition) is 0. The Kier molecular flexibility index (Phi) is 6.53. The van der Waals surface area contributed by atoms with Crippen molar-refractivity contribution in [1.82, 2.24) is 0 Å². The summed E-state index contributed by atoms with van der Waals surface area (Å²) in [7, 11) is 0. The zero-order chi connectivity index (χ0) is 33.0. The standard InChI is InChI=1S/C48H31NO/c1-2-11-32(12-3-1)35-15-10-16-38(29-35)49(39-26-28-44-45-27-23-33-13-4-7-18-41(33)48(45)50-47(44)31-39)37-24-21-34(22-25-37)46-30-36-14-5-6-17-40(36)42-19-8-9-20-43(42)46/h1-31H. The smallest absolute Gasteiger partial charge is 0.143 e. The van der Waals surface area contributed by atoms with Crippen LogP contribution in [-0.2, 0) is 0 Å². The van der Waals surface area contributed by atoms with Crippen molar-refractivity contribution in [3.8, 4) is 22.3 Å². The molecule has 50 heavy (non-hydrogen) atoms. The SMILES string of the molecule is c1ccc(-c2cccc(N(c3ccc(-c4cc5ccccc5c5ccccc45)cc3)c3ccc4c(c3)oc3c5ccccc5ccc43)c2)cc1. The molecule has 10 rings (SSSR count). The minimum Gasteiger partial charge on any atom is -0.455 e. The van der Waals surface area contributed by atoms with Crippen LogP contribution in [0.4, 0.5) is 17.1 Å². The van der Waals surface area contributed by atoms with E-state index in [-0.39, 0.29) is 0 Å². The van der Waals surface area contributed by atoms with Crippen LogP contribution < -0.4 is 4.90 Å². The molecule has 0 atom stereocenters. The van der Waals surface area contributed by atoms with Gasteiger partial charge in [-0.1, -0.05) is 133 Å². The first-order valence-electron chi connectivity index (χ1n) is 17.1. The van der Waals surface area contributed by atoms with Gasteiger partial charge in [-0.15, -0.1) is 0 Å². The Morgan fingerprint density at radius 2 is 0.960 bits per heavy atom. The molecule has 0 saturated heterocycles. The molecule has 0 amide bonds. The van der Waals surface area contributed by atoms with Gasteiger partial charge in [-0.25, -0.2) is 0 Å². The van der Waals surface area contributed by atoms with Gasteiger partial charge in [-0.2, -0.15) is 0 Å². The molecule has 0 aliphatic rings. The van der Waals surface area contributed by atoms with E-state index in [4.69, 9.17) is 4.42 Å². The molecule has 2 nitrogen and oxygen atoms in total. The molecule has 0 radical (unpaired) electrons. The van der Waals surface area contributed by atoms with Crippen LogP contribution >= 0.6 is 0 Å². The van der Waals surface area contributed by atoms with Gasteiger partial charge in [0.25, 0.3) is 0 Å². The molecular weight excluding hydrogens is 607 g/mol. The van der Waals surface area contributed by atoms with Crippen molar-refractivity contribution in [3.63, 3.8) is 0 Å². The fourth-order valence-electron chi connectivity index (χ4n) is 7.62. The first-order chi connectivity index (χ1) is 24.8. The molecule has 2 heteroatoms. The van der Waals surface area contributed by atoms with Crippen LogP contribution in [0.2, 0.25) is 0 Å². The molecule has 0 saturated carbocycles. The number of hydrogen-bond acceptors (Lipinski definition) is 2. The maximum absolute atomic E-state index is 6.65. The highest BCUT2D eigenvalue weighted by Crippen LogP contribution is 2.42. The number of rotatable bonds is 5. The van der Waals surface area contributed by atoms with Crippen LogP contribution in [0.5, 0.6) is 0 Å². The van der Waals surface area contributed by atoms with E-state index in [0.29, 0.717) is 0 Å². The Morgan fingerprint density at radius 1 is 0.320 bits per heavy atom. The third kappa shape index (κ3) is 4.65. The fourth-order valence-corrected chi connectivity index (χ4v) is 7.62. The third-order valence-electron chi connectivity index (χ3n) is 10.0. The Morgan fingerprint density at radius 3 is 1.80 bits per heavy atom. The average Bonchev–Trinajstić information content (AvgIpc) is 3.57. The van der Waals surface area contributed by atoms with Crippen molar-refractivity contribution in [2.24, 2.45) is 0 Å². The second kappa shape index (κ2) is 11.5. The molecule has 0 unspecified atom stereocenters. The maximum Gasteiger partial charge on any atom is 0.143 e. The summed E-state index contributed by atoms with van der Waals surface area (Å²) in [6.07, 6.45) is 0. The van der Waals surface area contributed by atoms with E-state index in [1.54, 1.807) is 0 Å². The number of nitrogens with zero attached hydrogens (tertiary/aromatic N) is 1. The highest BCUT2D eigenvalue weighted by molar-refractivity contribution is 6.16. The van der Waals surface area contributed by atoms with Crippen molar-refractivity contribution >= 4 is 71.3 Å². The zero-order valence-corrected chi connectivity index (χ0v) is 27.3. The summed E-state index contributed by atoms with van der Waals surface area (Å²) in [6.45, 7) is 0. The van der Waals surface area contributed by atoms with E-state index >= 15 is 0 Å². The van der Waals surface area contributed by atoms with Crippen molar-refractivity contribution in [2.75, 3.05) is 4.90 Å². The van der Waals surface area contributed by atoms with Gasteiger partial charge in [0.15, 0.2) is 0 Å². The summed E-state index contributed by atoms with van der Waals surface area (Å²) in [5.74, 6) is 0. The Hall–Kier alpha value is -6.64. The normalized spacial score (nSPS) is 11.6. The minimum absolute atomic E-state index is 0.873. The maximum atomic E-state index is 6.65. The predicted octanol–water partition coefficient (Wildman–Crippen LogP) is 13.8. The van der Waals surface area contributed by atoms with Gasteiger partial charge in [0, 0.05) is 39.3 Å². The Balaban J connectivity index is 1.14. The van der Waals surface area contributed by atoms with Crippen LogP contribution in [-0.4, -0.2) is 0 Å². The highest BCUT2D eigenvalue weighted by atomic mass is 16.3. The summed E-state index contributed by atoms with van der Waals surface area (Å²) >= 11 is 0. The van der Waals surface area contributed by atoms with E-state index in [9.17, 15) is 0 Å². The fraction of sp³-hybridized carbons (Fsp3) is 0. The number of furan rings is 1. The minimum atomic E-state index is 0.873. The lowest BCUT2D eigenvalue weighted by Crippen LogP contribution is -2.10. The number of fused-ring (bicyclic) bond motifs is 8. The summed E-state index contributed by atoms with van der Waals surface area (Å²) in [5, 5.41) is 9.62. The lowest BCUT2D eigenvalue weighted by molar-refractivity contribution is 0.672. The van der Waals surface area contributed by atoms with Crippen LogP contribution in [0.3, 0.4) is 0 Å². The number of benzene rings is 9. The molecule has 0 aliphatic carbocycles. The van der Waals surface area contributed by atoms with Gasteiger partial charge < -0.3 is 9.32 Å². The van der Waals surface area contributed by atoms with Gasteiger partial charge in [-0.05, 0) is 97.7 Å². The van der Waals surface area contributed by atoms with E-state index in [1.807, 2.05) is 0 Å². The average molecular weight is 638 g/mol. The van der Waals surface area contributed by atoms with Crippen LogP contribution in [0.25, 0.3) is 76.5 Å².